The van der Waals surface area contributed by atoms with E-state index in [1.165, 1.54) is 56.5 Å². The van der Waals surface area contributed by atoms with Crippen LogP contribution in [-0.4, -0.2) is 27.6 Å². The molecule has 2 aliphatic rings. The van der Waals surface area contributed by atoms with E-state index in [9.17, 15) is 0 Å². The Bertz CT molecular complexity index is 594. The molecule has 1 aliphatic heterocycles. The van der Waals surface area contributed by atoms with Crippen molar-refractivity contribution in [3.8, 4) is 0 Å². The van der Waals surface area contributed by atoms with E-state index in [1.807, 2.05) is 12.4 Å². The van der Waals surface area contributed by atoms with Crippen LogP contribution < -0.4 is 5.32 Å². The van der Waals surface area contributed by atoms with Gasteiger partial charge in [-0.3, -0.25) is 4.98 Å². The van der Waals surface area contributed by atoms with Crippen LogP contribution in [0.3, 0.4) is 0 Å². The van der Waals surface area contributed by atoms with Crippen LogP contribution in [0.5, 0.6) is 0 Å². The number of imidazole rings is 1. The van der Waals surface area contributed by atoms with Gasteiger partial charge in [-0.2, -0.15) is 0 Å². The van der Waals surface area contributed by atoms with E-state index >= 15 is 0 Å². The van der Waals surface area contributed by atoms with Crippen LogP contribution in [0.1, 0.15) is 44.0 Å². The van der Waals surface area contributed by atoms with Gasteiger partial charge in [-0.25, -0.2) is 4.98 Å². The van der Waals surface area contributed by atoms with Crippen LogP contribution in [0.15, 0.2) is 18.5 Å². The summed E-state index contributed by atoms with van der Waals surface area (Å²) in [5.74, 6) is 2.11. The maximum atomic E-state index is 4.84. The molecule has 0 bridgehead atoms. The molecule has 20 heavy (non-hydrogen) atoms. The highest BCUT2D eigenvalue weighted by Crippen LogP contribution is 2.38. The molecule has 0 amide bonds. The highest BCUT2D eigenvalue weighted by molar-refractivity contribution is 5.75. The minimum atomic E-state index is 0.696. The van der Waals surface area contributed by atoms with Gasteiger partial charge in [-0.05, 0) is 57.2 Å². The fourth-order valence-corrected chi connectivity index (χ4v) is 3.42. The van der Waals surface area contributed by atoms with Crippen molar-refractivity contribution in [2.24, 2.45) is 5.92 Å². The molecule has 1 aliphatic carbocycles. The molecule has 0 aromatic carbocycles. The molecule has 1 saturated heterocycles. The van der Waals surface area contributed by atoms with Crippen molar-refractivity contribution in [1.82, 2.24) is 19.9 Å². The number of aryl methyl sites for hydroxylation is 1. The van der Waals surface area contributed by atoms with Crippen LogP contribution in [0.2, 0.25) is 0 Å². The summed E-state index contributed by atoms with van der Waals surface area (Å²) >= 11 is 0. The number of rotatable bonds is 4. The van der Waals surface area contributed by atoms with Gasteiger partial charge in [0.15, 0.2) is 0 Å². The first-order valence-corrected chi connectivity index (χ1v) is 7.93. The third kappa shape index (κ3) is 2.33. The maximum absolute atomic E-state index is 4.84. The Morgan fingerprint density at radius 1 is 1.30 bits per heavy atom. The highest BCUT2D eigenvalue weighted by Gasteiger charge is 2.28. The van der Waals surface area contributed by atoms with Gasteiger partial charge in [0.2, 0.25) is 0 Å². The highest BCUT2D eigenvalue weighted by atomic mass is 15.1. The molecule has 3 heterocycles. The molecule has 1 N–H and O–H groups in total. The first kappa shape index (κ1) is 12.3. The van der Waals surface area contributed by atoms with Crippen molar-refractivity contribution in [2.75, 3.05) is 13.1 Å². The van der Waals surface area contributed by atoms with Crippen LogP contribution in [0.4, 0.5) is 0 Å². The lowest BCUT2D eigenvalue weighted by Crippen LogP contribution is -2.30. The van der Waals surface area contributed by atoms with Crippen molar-refractivity contribution in [3.05, 3.63) is 24.3 Å². The lowest BCUT2D eigenvalue weighted by molar-refractivity contribution is 0.354. The summed E-state index contributed by atoms with van der Waals surface area (Å²) < 4.78 is 2.48. The van der Waals surface area contributed by atoms with E-state index in [4.69, 9.17) is 4.98 Å². The Kier molecular flexibility index (Phi) is 3.19. The first-order chi connectivity index (χ1) is 9.92. The number of nitrogens with one attached hydrogen (secondary N) is 1. The van der Waals surface area contributed by atoms with Gasteiger partial charge in [-0.1, -0.05) is 0 Å². The second-order valence-electron chi connectivity index (χ2n) is 6.24. The Labute approximate surface area is 119 Å². The van der Waals surface area contributed by atoms with Gasteiger partial charge in [-0.15, -0.1) is 0 Å². The fraction of sp³-hybridized carbons (Fsp3) is 0.625. The molecule has 4 nitrogen and oxygen atoms in total. The number of pyridine rings is 1. The van der Waals surface area contributed by atoms with Crippen molar-refractivity contribution >= 4 is 11.0 Å². The van der Waals surface area contributed by atoms with Crippen LogP contribution in [-0.2, 0) is 6.42 Å². The van der Waals surface area contributed by atoms with Crippen LogP contribution in [0, 0.1) is 5.92 Å². The van der Waals surface area contributed by atoms with Crippen LogP contribution >= 0.6 is 0 Å². The van der Waals surface area contributed by atoms with Gasteiger partial charge in [0, 0.05) is 18.7 Å². The molecule has 2 aromatic heterocycles. The molecule has 2 aromatic rings. The molecule has 4 heteroatoms. The van der Waals surface area contributed by atoms with E-state index < -0.39 is 0 Å². The normalized spacial score (nSPS) is 23.3. The van der Waals surface area contributed by atoms with Crippen molar-refractivity contribution in [3.63, 3.8) is 0 Å². The van der Waals surface area contributed by atoms with E-state index in [1.54, 1.807) is 0 Å². The Balaban J connectivity index is 1.57. The molecule has 4 rings (SSSR count). The van der Waals surface area contributed by atoms with Crippen molar-refractivity contribution in [1.29, 1.82) is 0 Å². The topological polar surface area (TPSA) is 42.7 Å². The Morgan fingerprint density at radius 2 is 2.25 bits per heavy atom. The third-order valence-electron chi connectivity index (χ3n) is 4.65. The smallest absolute Gasteiger partial charge is 0.110 e. The number of fused-ring (bicyclic) bond motifs is 1. The monoisotopic (exact) mass is 270 g/mol. The Morgan fingerprint density at radius 3 is 3.05 bits per heavy atom. The second kappa shape index (κ2) is 5.17. The maximum Gasteiger partial charge on any atom is 0.110 e. The third-order valence-corrected chi connectivity index (χ3v) is 4.65. The standard InChI is InChI=1S/C16H22N4/c1-2-12(10-17-8-1)3-6-16-19-14-11-18-9-7-15(14)20(16)13-4-5-13/h7,9,11-13,17H,1-6,8,10H2. The predicted molar refractivity (Wildman–Crippen MR) is 79.7 cm³/mol. The Hall–Kier alpha value is -1.42. The molecule has 0 spiro atoms. The molecule has 1 atom stereocenters. The molecule has 1 unspecified atom stereocenters. The van der Waals surface area contributed by atoms with E-state index in [-0.39, 0.29) is 0 Å². The summed E-state index contributed by atoms with van der Waals surface area (Å²) in [5.41, 5.74) is 2.34. The number of nitrogens with zero attached hydrogens (tertiary/aromatic N) is 3. The molecular weight excluding hydrogens is 248 g/mol. The summed E-state index contributed by atoms with van der Waals surface area (Å²) in [5, 5.41) is 3.51. The second-order valence-corrected chi connectivity index (χ2v) is 6.24. The summed E-state index contributed by atoms with van der Waals surface area (Å²) in [6.45, 7) is 2.38. The summed E-state index contributed by atoms with van der Waals surface area (Å²) in [7, 11) is 0. The number of hydrogen-bond donors (Lipinski definition) is 1. The minimum Gasteiger partial charge on any atom is -0.325 e. The van der Waals surface area contributed by atoms with Gasteiger partial charge in [0.25, 0.3) is 0 Å². The molecule has 2 fully saturated rings. The zero-order chi connectivity index (χ0) is 13.4. The predicted octanol–water partition coefficient (Wildman–Crippen LogP) is 2.70. The van der Waals surface area contributed by atoms with Gasteiger partial charge < -0.3 is 9.88 Å². The van der Waals surface area contributed by atoms with E-state index in [0.717, 1.165) is 17.9 Å². The van der Waals surface area contributed by atoms with Gasteiger partial charge in [0.1, 0.15) is 11.3 Å². The molecular formula is C16H22N4. The SMILES string of the molecule is c1cc2c(cn1)nc(CCC1CCCNC1)n2C1CC1. The average Bonchev–Trinajstić information content (AvgIpc) is 3.27. The average molecular weight is 270 g/mol. The first-order valence-electron chi connectivity index (χ1n) is 7.93. The number of aromatic nitrogens is 3. The minimum absolute atomic E-state index is 0.696. The fourth-order valence-electron chi connectivity index (χ4n) is 3.42. The van der Waals surface area contributed by atoms with E-state index in [0.29, 0.717) is 6.04 Å². The van der Waals surface area contributed by atoms with Crippen molar-refractivity contribution in [2.45, 2.75) is 44.6 Å². The quantitative estimate of drug-likeness (QED) is 0.929. The zero-order valence-corrected chi connectivity index (χ0v) is 11.9. The molecule has 0 radical (unpaired) electrons. The molecule has 106 valence electrons. The zero-order valence-electron chi connectivity index (χ0n) is 11.9. The summed E-state index contributed by atoms with van der Waals surface area (Å²) in [6, 6.07) is 2.81. The van der Waals surface area contributed by atoms with Crippen molar-refractivity contribution < 1.29 is 0 Å². The number of piperidine rings is 1. The van der Waals surface area contributed by atoms with Gasteiger partial charge in [0.05, 0.1) is 11.7 Å². The van der Waals surface area contributed by atoms with Gasteiger partial charge >= 0.3 is 0 Å². The summed E-state index contributed by atoms with van der Waals surface area (Å²) in [4.78, 5) is 9.05. The lowest BCUT2D eigenvalue weighted by Gasteiger charge is -2.22. The van der Waals surface area contributed by atoms with E-state index in [2.05, 4.69) is 20.9 Å². The number of hydrogen-bond acceptors (Lipinski definition) is 3. The lowest BCUT2D eigenvalue weighted by atomic mass is 9.94. The summed E-state index contributed by atoms with van der Waals surface area (Å²) in [6.07, 6.45) is 11.5. The largest absolute Gasteiger partial charge is 0.325 e. The van der Waals surface area contributed by atoms with Crippen LogP contribution in [0.25, 0.3) is 11.0 Å². The molecule has 1 saturated carbocycles.